The number of carboxylic acid groups (broad SMARTS) is 1. The maximum Gasteiger partial charge on any atom is 0.327 e. The van der Waals surface area contributed by atoms with E-state index in [-0.39, 0.29) is 13.0 Å². The van der Waals surface area contributed by atoms with Crippen LogP contribution < -0.4 is 10.6 Å². The fourth-order valence-electron chi connectivity index (χ4n) is 1.15. The third-order valence-corrected chi connectivity index (χ3v) is 1.98. The molecule has 0 aliphatic carbocycles. The van der Waals surface area contributed by atoms with E-state index in [2.05, 4.69) is 26.6 Å². The molecule has 1 aromatic heterocycles. The lowest BCUT2D eigenvalue weighted by molar-refractivity contribution is -0.139. The molecule has 3 N–H and O–H groups in total. The van der Waals surface area contributed by atoms with E-state index in [9.17, 15) is 9.59 Å². The molecule has 1 unspecified atom stereocenters. The van der Waals surface area contributed by atoms with Crippen LogP contribution in [0.1, 0.15) is 12.2 Å². The number of aliphatic carboxylic acids is 1. The van der Waals surface area contributed by atoms with Gasteiger partial charge in [-0.1, -0.05) is 0 Å². The van der Waals surface area contributed by atoms with Gasteiger partial charge in [-0.15, -0.1) is 12.3 Å². The van der Waals surface area contributed by atoms with Gasteiger partial charge in [0.1, 0.15) is 12.4 Å². The number of amides is 2. The number of aromatic nitrogens is 3. The Morgan fingerprint density at radius 3 is 2.89 bits per heavy atom. The number of nitrogens with zero attached hydrogens (tertiary/aromatic N) is 3. The fourth-order valence-corrected chi connectivity index (χ4v) is 1.15. The highest BCUT2D eigenvalue weighted by atomic mass is 16.4. The summed E-state index contributed by atoms with van der Waals surface area (Å²) in [6, 6.07) is -1.74. The highest BCUT2D eigenvalue weighted by Gasteiger charge is 2.18. The number of urea groups is 1. The molecular weight excluding hydrogens is 238 g/mol. The molecule has 2 amide bonds. The zero-order chi connectivity index (χ0) is 13.5. The molecule has 1 heterocycles. The molecule has 1 aromatic rings. The molecule has 1 rings (SSSR count). The summed E-state index contributed by atoms with van der Waals surface area (Å²) in [6.45, 7) is 0.106. The summed E-state index contributed by atoms with van der Waals surface area (Å²) in [5, 5.41) is 17.4. The molecule has 0 aromatic carbocycles. The Bertz CT molecular complexity index is 476. The van der Waals surface area contributed by atoms with E-state index in [0.29, 0.717) is 5.82 Å². The van der Waals surface area contributed by atoms with Crippen molar-refractivity contribution in [1.29, 1.82) is 0 Å². The van der Waals surface area contributed by atoms with Crippen LogP contribution in [-0.2, 0) is 18.4 Å². The van der Waals surface area contributed by atoms with Crippen molar-refractivity contribution in [3.63, 3.8) is 0 Å². The minimum absolute atomic E-state index is 0.0788. The molecule has 18 heavy (non-hydrogen) atoms. The SMILES string of the molecule is C#CCC(NC(=O)NCc1ncn(C)n1)C(=O)O. The van der Waals surface area contributed by atoms with E-state index in [4.69, 9.17) is 11.5 Å². The fraction of sp³-hybridized carbons (Fsp3) is 0.400. The number of terminal acetylenes is 1. The quantitative estimate of drug-likeness (QED) is 0.587. The molecule has 0 aliphatic rings. The first kappa shape index (κ1) is 13.5. The number of carbonyl (C=O) groups is 2. The summed E-state index contributed by atoms with van der Waals surface area (Å²) < 4.78 is 1.49. The summed E-state index contributed by atoms with van der Waals surface area (Å²) in [5.74, 6) is 1.43. The zero-order valence-corrected chi connectivity index (χ0v) is 9.75. The van der Waals surface area contributed by atoms with Gasteiger partial charge in [-0.25, -0.2) is 14.6 Å². The van der Waals surface area contributed by atoms with Gasteiger partial charge >= 0.3 is 12.0 Å². The van der Waals surface area contributed by atoms with Crippen molar-refractivity contribution in [2.75, 3.05) is 0 Å². The van der Waals surface area contributed by atoms with Crippen molar-refractivity contribution >= 4 is 12.0 Å². The van der Waals surface area contributed by atoms with E-state index in [1.54, 1.807) is 7.05 Å². The molecule has 1 atom stereocenters. The van der Waals surface area contributed by atoms with E-state index in [1.165, 1.54) is 11.0 Å². The minimum atomic E-state index is -1.18. The standard InChI is InChI=1S/C10H13N5O3/c1-3-4-7(9(16)17)13-10(18)11-5-8-12-6-15(2)14-8/h1,6-7H,4-5H2,2H3,(H,16,17)(H2,11,13,18). The summed E-state index contributed by atoms with van der Waals surface area (Å²) in [7, 11) is 1.70. The number of nitrogens with one attached hydrogen (secondary N) is 2. The molecule has 0 bridgehead atoms. The minimum Gasteiger partial charge on any atom is -0.480 e. The molecule has 8 nitrogen and oxygen atoms in total. The zero-order valence-electron chi connectivity index (χ0n) is 9.75. The Hall–Kier alpha value is -2.56. The summed E-state index contributed by atoms with van der Waals surface area (Å²) in [5.41, 5.74) is 0. The van der Waals surface area contributed by atoms with Crippen LogP contribution >= 0.6 is 0 Å². The summed E-state index contributed by atoms with van der Waals surface area (Å²) in [4.78, 5) is 26.0. The van der Waals surface area contributed by atoms with Gasteiger partial charge in [-0.2, -0.15) is 5.10 Å². The van der Waals surface area contributed by atoms with Gasteiger partial charge in [0.05, 0.1) is 6.54 Å². The normalized spacial score (nSPS) is 11.3. The summed E-state index contributed by atoms with van der Waals surface area (Å²) in [6.07, 6.45) is 6.42. The first-order valence-electron chi connectivity index (χ1n) is 5.08. The van der Waals surface area contributed by atoms with Crippen molar-refractivity contribution in [1.82, 2.24) is 25.4 Å². The van der Waals surface area contributed by atoms with Crippen LogP contribution in [0.2, 0.25) is 0 Å². The van der Waals surface area contributed by atoms with Gasteiger partial charge in [-0.05, 0) is 0 Å². The number of carbonyl (C=O) groups excluding carboxylic acids is 1. The number of hydrogen-bond acceptors (Lipinski definition) is 4. The second-order valence-electron chi connectivity index (χ2n) is 3.46. The Balaban J connectivity index is 2.41. The van der Waals surface area contributed by atoms with Crippen LogP contribution in [0.25, 0.3) is 0 Å². The van der Waals surface area contributed by atoms with E-state index >= 15 is 0 Å². The molecule has 96 valence electrons. The molecule has 0 spiro atoms. The van der Waals surface area contributed by atoms with Gasteiger partial charge in [0.25, 0.3) is 0 Å². The van der Waals surface area contributed by atoms with Crippen LogP contribution in [0.3, 0.4) is 0 Å². The van der Waals surface area contributed by atoms with Gasteiger partial charge < -0.3 is 15.7 Å². The number of aryl methyl sites for hydroxylation is 1. The molecule has 0 aliphatic heterocycles. The topological polar surface area (TPSA) is 109 Å². The lowest BCUT2D eigenvalue weighted by Gasteiger charge is -2.11. The van der Waals surface area contributed by atoms with Crippen LogP contribution in [0.15, 0.2) is 6.33 Å². The van der Waals surface area contributed by atoms with Gasteiger partial charge in [0.2, 0.25) is 0 Å². The predicted molar refractivity (Wildman–Crippen MR) is 61.2 cm³/mol. The van der Waals surface area contributed by atoms with Crippen LogP contribution in [0.4, 0.5) is 4.79 Å². The summed E-state index contributed by atoms with van der Waals surface area (Å²) >= 11 is 0. The maximum absolute atomic E-state index is 11.4. The monoisotopic (exact) mass is 251 g/mol. The average molecular weight is 251 g/mol. The number of carboxylic acids is 1. The van der Waals surface area contributed by atoms with Crippen LogP contribution in [0, 0.1) is 12.3 Å². The van der Waals surface area contributed by atoms with E-state index < -0.39 is 18.0 Å². The van der Waals surface area contributed by atoms with Crippen LogP contribution in [-0.4, -0.2) is 37.9 Å². The molecular formula is C10H13N5O3. The maximum atomic E-state index is 11.4. The first-order chi connectivity index (χ1) is 8.52. The largest absolute Gasteiger partial charge is 0.480 e. The molecule has 8 heteroatoms. The Morgan fingerprint density at radius 2 is 2.39 bits per heavy atom. The third kappa shape index (κ3) is 4.13. The van der Waals surface area contributed by atoms with E-state index in [0.717, 1.165) is 0 Å². The lowest BCUT2D eigenvalue weighted by Crippen LogP contribution is -2.45. The second-order valence-corrected chi connectivity index (χ2v) is 3.46. The Morgan fingerprint density at radius 1 is 1.67 bits per heavy atom. The van der Waals surface area contributed by atoms with Crippen molar-refractivity contribution in [3.8, 4) is 12.3 Å². The Labute approximate surface area is 103 Å². The highest BCUT2D eigenvalue weighted by molar-refractivity contribution is 5.82. The Kier molecular flexibility index (Phi) is 4.68. The number of hydrogen-bond donors (Lipinski definition) is 3. The van der Waals surface area contributed by atoms with E-state index in [1.807, 2.05) is 0 Å². The van der Waals surface area contributed by atoms with Gasteiger partial charge in [-0.3, -0.25) is 4.68 Å². The highest BCUT2D eigenvalue weighted by Crippen LogP contribution is 1.91. The third-order valence-electron chi connectivity index (χ3n) is 1.98. The van der Waals surface area contributed by atoms with Crippen LogP contribution in [0.5, 0.6) is 0 Å². The van der Waals surface area contributed by atoms with Gasteiger partial charge in [0.15, 0.2) is 5.82 Å². The average Bonchev–Trinajstić information content (AvgIpc) is 2.72. The predicted octanol–water partition coefficient (Wildman–Crippen LogP) is -0.909. The molecule has 0 fully saturated rings. The molecule has 0 saturated heterocycles. The number of rotatable bonds is 5. The molecule has 0 saturated carbocycles. The van der Waals surface area contributed by atoms with Gasteiger partial charge in [0, 0.05) is 13.5 Å². The second kappa shape index (κ2) is 6.24. The lowest BCUT2D eigenvalue weighted by atomic mass is 10.2. The van der Waals surface area contributed by atoms with Crippen molar-refractivity contribution < 1.29 is 14.7 Å². The molecule has 0 radical (unpaired) electrons. The van der Waals surface area contributed by atoms with Crippen molar-refractivity contribution in [3.05, 3.63) is 12.2 Å². The van der Waals surface area contributed by atoms with Crippen molar-refractivity contribution in [2.45, 2.75) is 19.0 Å². The van der Waals surface area contributed by atoms with Crippen molar-refractivity contribution in [2.24, 2.45) is 7.05 Å². The first-order valence-corrected chi connectivity index (χ1v) is 5.08. The smallest absolute Gasteiger partial charge is 0.327 e.